The number of unbranched alkanes of at least 4 members (excludes halogenated alkanes) is 1. The summed E-state index contributed by atoms with van der Waals surface area (Å²) in [5, 5.41) is 0. The van der Waals surface area contributed by atoms with E-state index in [1.54, 1.807) is 0 Å². The van der Waals surface area contributed by atoms with Crippen LogP contribution in [-0.2, 0) is 23.4 Å². The summed E-state index contributed by atoms with van der Waals surface area (Å²) in [6.45, 7) is 7.56. The minimum absolute atomic E-state index is 0.585. The molecule has 0 fully saturated rings. The fourth-order valence-electron chi connectivity index (χ4n) is 1.58. The third-order valence-corrected chi connectivity index (χ3v) is 7.07. The normalized spacial score (nSPS) is 13.8. The average Bonchev–Trinajstić information content (AvgIpc) is 2.29. The molecule has 0 heterocycles. The molecule has 1 N–H and O–H groups in total. The van der Waals surface area contributed by atoms with E-state index in [0.717, 1.165) is 29.7 Å². The van der Waals surface area contributed by atoms with Crippen LogP contribution < -0.4 is 0 Å². The van der Waals surface area contributed by atoms with Gasteiger partial charge in [-0.25, -0.2) is 4.21 Å². The van der Waals surface area contributed by atoms with Gasteiger partial charge in [-0.05, 0) is 44.4 Å². The minimum atomic E-state index is -2.52. The molecule has 0 aromatic rings. The average molecular weight is 317 g/mol. The van der Waals surface area contributed by atoms with Crippen molar-refractivity contribution in [1.29, 1.82) is 0 Å². The van der Waals surface area contributed by atoms with E-state index < -0.39 is 18.9 Å². The Morgan fingerprint density at radius 3 is 1.94 bits per heavy atom. The molecule has 0 rings (SSSR count). The molecule has 0 radical (unpaired) electrons. The predicted molar refractivity (Wildman–Crippen MR) is 77.9 cm³/mol. The molecule has 0 aliphatic rings. The van der Waals surface area contributed by atoms with E-state index in [2.05, 4.69) is 0 Å². The summed E-state index contributed by atoms with van der Waals surface area (Å²) in [7, 11) is -3.24. The highest BCUT2D eigenvalue weighted by atomic mass is 33.1. The molecule has 8 heteroatoms. The molecular formula is C10H24O5S2Si. The number of rotatable bonds is 12. The summed E-state index contributed by atoms with van der Waals surface area (Å²) >= 11 is 0. The van der Waals surface area contributed by atoms with E-state index >= 15 is 0 Å². The van der Waals surface area contributed by atoms with Crippen LogP contribution in [0.4, 0.5) is 0 Å². The van der Waals surface area contributed by atoms with Crippen LogP contribution in [0.25, 0.3) is 0 Å². The molecule has 1 atom stereocenters. The molecule has 0 aromatic heterocycles. The second kappa shape index (κ2) is 11.4. The molecule has 0 bridgehead atoms. The molecule has 0 saturated carbocycles. The smallest absolute Gasteiger partial charge is 0.374 e. The highest BCUT2D eigenvalue weighted by Gasteiger charge is 2.39. The zero-order chi connectivity index (χ0) is 13.9. The first-order valence-electron chi connectivity index (χ1n) is 6.26. The zero-order valence-corrected chi connectivity index (χ0v) is 14.0. The summed E-state index contributed by atoms with van der Waals surface area (Å²) in [6, 6.07) is 0.765. The van der Waals surface area contributed by atoms with Crippen molar-refractivity contribution in [1.82, 2.24) is 0 Å². The van der Waals surface area contributed by atoms with Crippen LogP contribution >= 0.6 is 10.8 Å². The molecule has 5 nitrogen and oxygen atoms in total. The maximum Gasteiger partial charge on any atom is 0.500 e. The van der Waals surface area contributed by atoms with Gasteiger partial charge < -0.3 is 13.3 Å². The van der Waals surface area contributed by atoms with E-state index in [1.165, 1.54) is 0 Å². The van der Waals surface area contributed by atoms with Gasteiger partial charge in [0, 0.05) is 31.6 Å². The van der Waals surface area contributed by atoms with Gasteiger partial charge in [0.05, 0.1) is 0 Å². The van der Waals surface area contributed by atoms with E-state index in [4.69, 9.17) is 17.8 Å². The fourth-order valence-corrected chi connectivity index (χ4v) is 5.51. The van der Waals surface area contributed by atoms with Crippen molar-refractivity contribution in [3.05, 3.63) is 0 Å². The zero-order valence-electron chi connectivity index (χ0n) is 11.3. The Morgan fingerprint density at radius 1 is 1.06 bits per heavy atom. The molecule has 0 aliphatic carbocycles. The summed E-state index contributed by atoms with van der Waals surface area (Å²) in [6.07, 6.45) is 1.75. The Labute approximate surface area is 117 Å². The lowest BCUT2D eigenvalue weighted by molar-refractivity contribution is 0.0708. The Kier molecular flexibility index (Phi) is 11.7. The van der Waals surface area contributed by atoms with E-state index in [1.807, 2.05) is 20.8 Å². The summed E-state index contributed by atoms with van der Waals surface area (Å²) in [5.74, 6) is 0.665. The SMILES string of the molecule is CCO[Si](CCCCSS(=O)O)(OCC)OCC. The quantitative estimate of drug-likeness (QED) is 0.258. The first-order chi connectivity index (χ1) is 8.60. The second-order valence-corrected chi connectivity index (χ2v) is 8.85. The highest BCUT2D eigenvalue weighted by molar-refractivity contribution is 8.67. The monoisotopic (exact) mass is 316 g/mol. The van der Waals surface area contributed by atoms with Crippen LogP contribution in [0.2, 0.25) is 6.04 Å². The molecule has 0 aliphatic heterocycles. The lowest BCUT2D eigenvalue weighted by Crippen LogP contribution is -2.45. The predicted octanol–water partition coefficient (Wildman–Crippen LogP) is 2.68. The Balaban J connectivity index is 4.08. The van der Waals surface area contributed by atoms with Crippen LogP contribution in [0.15, 0.2) is 0 Å². The minimum Gasteiger partial charge on any atom is -0.374 e. The van der Waals surface area contributed by atoms with Gasteiger partial charge in [-0.15, -0.1) is 0 Å². The van der Waals surface area contributed by atoms with Crippen LogP contribution in [0.3, 0.4) is 0 Å². The standard InChI is InChI=1S/C10H24O5S2Si/c1-4-13-18(14-5-2,15-6-3)10-8-7-9-16-17(11)12/h4-10H2,1-3H3,(H,11,12). The molecule has 0 amide bonds. The van der Waals surface area contributed by atoms with Gasteiger partial charge in [0.15, 0.2) is 0 Å². The first kappa shape index (κ1) is 18.6. The van der Waals surface area contributed by atoms with Crippen molar-refractivity contribution in [2.24, 2.45) is 0 Å². The summed E-state index contributed by atoms with van der Waals surface area (Å²) in [5.41, 5.74) is 0. The van der Waals surface area contributed by atoms with E-state index in [0.29, 0.717) is 25.6 Å². The fraction of sp³-hybridized carbons (Fsp3) is 1.00. The van der Waals surface area contributed by atoms with Crippen molar-refractivity contribution in [3.63, 3.8) is 0 Å². The summed E-state index contributed by atoms with van der Waals surface area (Å²) in [4.78, 5) is 0. The Hall–Kier alpha value is 0.557. The third-order valence-electron chi connectivity index (χ3n) is 2.15. The van der Waals surface area contributed by atoms with Gasteiger partial charge in [-0.2, -0.15) is 0 Å². The highest BCUT2D eigenvalue weighted by Crippen LogP contribution is 2.20. The van der Waals surface area contributed by atoms with Crippen LogP contribution in [0, 0.1) is 0 Å². The largest absolute Gasteiger partial charge is 0.500 e. The lowest BCUT2D eigenvalue weighted by atomic mass is 10.4. The molecule has 0 aromatic carbocycles. The third kappa shape index (κ3) is 8.62. The van der Waals surface area contributed by atoms with Gasteiger partial charge in [0.1, 0.15) is 0 Å². The second-order valence-electron chi connectivity index (χ2n) is 3.48. The van der Waals surface area contributed by atoms with Gasteiger partial charge in [0.25, 0.3) is 0 Å². The maximum atomic E-state index is 10.5. The van der Waals surface area contributed by atoms with Crippen molar-refractivity contribution in [2.45, 2.75) is 39.7 Å². The van der Waals surface area contributed by atoms with Gasteiger partial charge in [-0.3, -0.25) is 4.55 Å². The van der Waals surface area contributed by atoms with Crippen LogP contribution in [0.5, 0.6) is 0 Å². The Bertz CT molecular complexity index is 213. The number of hydrogen-bond donors (Lipinski definition) is 1. The Morgan fingerprint density at radius 2 is 1.56 bits per heavy atom. The molecule has 0 saturated heterocycles. The van der Waals surface area contributed by atoms with Gasteiger partial charge in [-0.1, -0.05) is 0 Å². The first-order valence-corrected chi connectivity index (χ1v) is 10.8. The molecule has 18 heavy (non-hydrogen) atoms. The lowest BCUT2D eigenvalue weighted by Gasteiger charge is -2.28. The summed E-state index contributed by atoms with van der Waals surface area (Å²) < 4.78 is 36.3. The van der Waals surface area contributed by atoms with E-state index in [-0.39, 0.29) is 0 Å². The van der Waals surface area contributed by atoms with Crippen molar-refractivity contribution in [2.75, 3.05) is 25.6 Å². The van der Waals surface area contributed by atoms with Crippen LogP contribution in [-0.4, -0.2) is 43.1 Å². The van der Waals surface area contributed by atoms with E-state index in [9.17, 15) is 4.21 Å². The van der Waals surface area contributed by atoms with Crippen molar-refractivity contribution in [3.8, 4) is 0 Å². The van der Waals surface area contributed by atoms with Crippen molar-refractivity contribution >= 4 is 29.7 Å². The molecular weight excluding hydrogens is 292 g/mol. The maximum absolute atomic E-state index is 10.5. The molecule has 1 unspecified atom stereocenters. The van der Waals surface area contributed by atoms with Crippen molar-refractivity contribution < 1.29 is 22.0 Å². The number of hydrogen-bond acceptors (Lipinski definition) is 5. The molecule has 110 valence electrons. The van der Waals surface area contributed by atoms with Gasteiger partial charge >= 0.3 is 8.80 Å². The van der Waals surface area contributed by atoms with Gasteiger partial charge in [0.2, 0.25) is 10.1 Å². The molecule has 0 spiro atoms. The topological polar surface area (TPSA) is 65.0 Å². The van der Waals surface area contributed by atoms with Crippen LogP contribution in [0.1, 0.15) is 33.6 Å².